The summed E-state index contributed by atoms with van der Waals surface area (Å²) in [5.41, 5.74) is 0.277. The summed E-state index contributed by atoms with van der Waals surface area (Å²) in [4.78, 5) is 0. The van der Waals surface area contributed by atoms with Crippen LogP contribution >= 0.6 is 0 Å². The molecule has 0 spiro atoms. The molecule has 13 heavy (non-hydrogen) atoms. The van der Waals surface area contributed by atoms with Crippen molar-refractivity contribution in [2.75, 3.05) is 14.2 Å². The molecule has 0 unspecified atom stereocenters. The summed E-state index contributed by atoms with van der Waals surface area (Å²) in [6.07, 6.45) is 0. The van der Waals surface area contributed by atoms with Gasteiger partial charge < -0.3 is 14.6 Å². The Kier molecular flexibility index (Phi) is 2.95. The highest BCUT2D eigenvalue weighted by molar-refractivity contribution is 5.51. The fraction of sp³-hybridized carbons (Fsp3) is 0.333. The molecule has 1 N–H and O–H groups in total. The molecule has 0 radical (unpaired) electrons. The molecule has 0 atom stereocenters. The van der Waals surface area contributed by atoms with E-state index in [2.05, 4.69) is 0 Å². The molecule has 0 saturated heterocycles. The molecule has 0 heterocycles. The molecule has 4 heteroatoms. The van der Waals surface area contributed by atoms with Crippen LogP contribution in [-0.4, -0.2) is 19.3 Å². The smallest absolute Gasteiger partial charge is 0.166 e. The first kappa shape index (κ1) is 9.64. The average Bonchev–Trinajstić information content (AvgIpc) is 2.16. The third-order valence-electron chi connectivity index (χ3n) is 1.68. The van der Waals surface area contributed by atoms with Gasteiger partial charge in [0.1, 0.15) is 12.4 Å². The van der Waals surface area contributed by atoms with Crippen molar-refractivity contribution < 1.29 is 19.0 Å². The van der Waals surface area contributed by atoms with Crippen molar-refractivity contribution in [2.45, 2.75) is 6.67 Å². The van der Waals surface area contributed by atoms with Gasteiger partial charge in [-0.05, 0) is 6.07 Å². The van der Waals surface area contributed by atoms with Crippen molar-refractivity contribution in [1.29, 1.82) is 0 Å². The van der Waals surface area contributed by atoms with E-state index in [-0.39, 0.29) is 11.3 Å². The quantitative estimate of drug-likeness (QED) is 0.783. The minimum absolute atomic E-state index is 0.0368. The van der Waals surface area contributed by atoms with Crippen LogP contribution in [0.1, 0.15) is 5.56 Å². The molecular weight excluding hydrogens is 175 g/mol. The highest BCUT2D eigenvalue weighted by atomic mass is 19.1. The van der Waals surface area contributed by atoms with Crippen LogP contribution in [0.25, 0.3) is 0 Å². The molecule has 3 nitrogen and oxygen atoms in total. The van der Waals surface area contributed by atoms with E-state index in [1.165, 1.54) is 26.4 Å². The maximum Gasteiger partial charge on any atom is 0.166 e. The van der Waals surface area contributed by atoms with E-state index in [0.29, 0.717) is 11.5 Å². The van der Waals surface area contributed by atoms with Gasteiger partial charge in [-0.1, -0.05) is 0 Å². The lowest BCUT2D eigenvalue weighted by molar-refractivity contribution is 0.341. The lowest BCUT2D eigenvalue weighted by atomic mass is 10.2. The second-order valence-electron chi connectivity index (χ2n) is 2.47. The fourth-order valence-corrected chi connectivity index (χ4v) is 1.13. The topological polar surface area (TPSA) is 38.7 Å². The second-order valence-corrected chi connectivity index (χ2v) is 2.47. The molecule has 1 aromatic carbocycles. The number of phenols is 1. The van der Waals surface area contributed by atoms with Crippen LogP contribution in [0.4, 0.5) is 4.39 Å². The molecule has 0 aliphatic rings. The molecular formula is C9H11FO3. The van der Waals surface area contributed by atoms with Gasteiger partial charge in [0.25, 0.3) is 0 Å². The summed E-state index contributed by atoms with van der Waals surface area (Å²) in [6, 6.07) is 2.68. The molecule has 72 valence electrons. The number of phenolic OH excluding ortho intramolecular Hbond substituents is 1. The predicted molar refractivity (Wildman–Crippen MR) is 46.0 cm³/mol. The van der Waals surface area contributed by atoms with E-state index in [9.17, 15) is 9.50 Å². The first-order valence-corrected chi connectivity index (χ1v) is 3.72. The van der Waals surface area contributed by atoms with E-state index < -0.39 is 6.67 Å². The average molecular weight is 186 g/mol. The third-order valence-corrected chi connectivity index (χ3v) is 1.68. The summed E-state index contributed by atoms with van der Waals surface area (Å²) in [5, 5.41) is 9.17. The van der Waals surface area contributed by atoms with Crippen molar-refractivity contribution in [1.82, 2.24) is 0 Å². The molecule has 0 bridgehead atoms. The van der Waals surface area contributed by atoms with E-state index in [4.69, 9.17) is 9.47 Å². The standard InChI is InChI=1S/C9H11FO3/c1-12-8-4-7(11)3-6(5-10)9(8)13-2/h3-4,11H,5H2,1-2H3. The van der Waals surface area contributed by atoms with Crippen molar-refractivity contribution in [3.05, 3.63) is 17.7 Å². The van der Waals surface area contributed by atoms with Crippen LogP contribution in [-0.2, 0) is 6.67 Å². The molecule has 0 aliphatic carbocycles. The predicted octanol–water partition coefficient (Wildman–Crippen LogP) is 1.88. The van der Waals surface area contributed by atoms with Gasteiger partial charge in [-0.15, -0.1) is 0 Å². The Bertz CT molecular complexity index is 274. The van der Waals surface area contributed by atoms with Gasteiger partial charge in [-0.2, -0.15) is 0 Å². The van der Waals surface area contributed by atoms with E-state index in [1.807, 2.05) is 0 Å². The van der Waals surface area contributed by atoms with Crippen LogP contribution in [0, 0.1) is 0 Å². The van der Waals surface area contributed by atoms with Crippen molar-refractivity contribution in [3.8, 4) is 17.2 Å². The van der Waals surface area contributed by atoms with Gasteiger partial charge in [-0.3, -0.25) is 0 Å². The van der Waals surface area contributed by atoms with Crippen molar-refractivity contribution in [3.63, 3.8) is 0 Å². The third kappa shape index (κ3) is 1.83. The Morgan fingerprint density at radius 2 is 2.00 bits per heavy atom. The Hall–Kier alpha value is -1.45. The largest absolute Gasteiger partial charge is 0.508 e. The summed E-state index contributed by atoms with van der Waals surface area (Å²) in [7, 11) is 2.85. The van der Waals surface area contributed by atoms with Crippen LogP contribution in [0.5, 0.6) is 17.2 Å². The lowest BCUT2D eigenvalue weighted by Gasteiger charge is -2.10. The number of ether oxygens (including phenoxy) is 2. The Morgan fingerprint density at radius 3 is 2.46 bits per heavy atom. The molecule has 1 rings (SSSR count). The number of hydrogen-bond acceptors (Lipinski definition) is 3. The van der Waals surface area contributed by atoms with Gasteiger partial charge >= 0.3 is 0 Å². The molecule has 0 aromatic heterocycles. The highest BCUT2D eigenvalue weighted by Crippen LogP contribution is 2.35. The van der Waals surface area contributed by atoms with Gasteiger partial charge in [0.2, 0.25) is 0 Å². The maximum atomic E-state index is 12.4. The number of alkyl halides is 1. The molecule has 1 aromatic rings. The van der Waals surface area contributed by atoms with Gasteiger partial charge in [0.05, 0.1) is 14.2 Å². The normalized spacial score (nSPS) is 9.77. The van der Waals surface area contributed by atoms with Gasteiger partial charge in [-0.25, -0.2) is 4.39 Å². The summed E-state index contributed by atoms with van der Waals surface area (Å²) >= 11 is 0. The van der Waals surface area contributed by atoms with Gasteiger partial charge in [0, 0.05) is 11.6 Å². The Balaban J connectivity index is 3.25. The first-order chi connectivity index (χ1) is 6.22. The molecule has 0 aliphatic heterocycles. The summed E-state index contributed by atoms with van der Waals surface area (Å²) < 4.78 is 22.3. The van der Waals surface area contributed by atoms with Crippen molar-refractivity contribution in [2.24, 2.45) is 0 Å². The minimum atomic E-state index is -0.700. The molecule has 0 amide bonds. The van der Waals surface area contributed by atoms with Crippen molar-refractivity contribution >= 4 is 0 Å². The number of aromatic hydroxyl groups is 1. The van der Waals surface area contributed by atoms with Crippen LogP contribution in [0.15, 0.2) is 12.1 Å². The SMILES string of the molecule is COc1cc(O)cc(CF)c1OC. The number of rotatable bonds is 3. The number of methoxy groups -OCH3 is 2. The number of benzene rings is 1. The van der Waals surface area contributed by atoms with E-state index in [1.54, 1.807) is 0 Å². The highest BCUT2D eigenvalue weighted by Gasteiger charge is 2.11. The number of hydrogen-bond donors (Lipinski definition) is 1. The zero-order valence-electron chi connectivity index (χ0n) is 7.50. The maximum absolute atomic E-state index is 12.4. The monoisotopic (exact) mass is 186 g/mol. The zero-order chi connectivity index (χ0) is 9.84. The van der Waals surface area contributed by atoms with E-state index >= 15 is 0 Å². The van der Waals surface area contributed by atoms with Gasteiger partial charge in [0.15, 0.2) is 11.5 Å². The van der Waals surface area contributed by atoms with Crippen LogP contribution in [0.2, 0.25) is 0 Å². The number of halogens is 1. The summed E-state index contributed by atoms with van der Waals surface area (Å²) in [5.74, 6) is 0.614. The second kappa shape index (κ2) is 3.98. The van der Waals surface area contributed by atoms with Crippen LogP contribution < -0.4 is 9.47 Å². The minimum Gasteiger partial charge on any atom is -0.508 e. The molecule has 0 fully saturated rings. The molecule has 0 saturated carbocycles. The Morgan fingerprint density at radius 1 is 1.31 bits per heavy atom. The first-order valence-electron chi connectivity index (χ1n) is 3.72. The van der Waals surface area contributed by atoms with E-state index in [0.717, 1.165) is 0 Å². The summed E-state index contributed by atoms with van der Waals surface area (Å²) in [6.45, 7) is -0.700. The lowest BCUT2D eigenvalue weighted by Crippen LogP contribution is -1.94. The van der Waals surface area contributed by atoms with Crippen LogP contribution in [0.3, 0.4) is 0 Å². The Labute approximate surface area is 75.7 Å². The fourth-order valence-electron chi connectivity index (χ4n) is 1.13. The zero-order valence-corrected chi connectivity index (χ0v) is 7.50.